The number of fused-ring (bicyclic) bond motifs is 1. The van der Waals surface area contributed by atoms with Gasteiger partial charge < -0.3 is 4.74 Å². The van der Waals surface area contributed by atoms with E-state index in [1.807, 2.05) is 20.8 Å². The number of ether oxygens (including phenoxy) is 1. The average Bonchev–Trinajstić information content (AvgIpc) is 2.54. The molecule has 96 valence electrons. The second kappa shape index (κ2) is 4.62. The smallest absolute Gasteiger partial charge is 0.420 e. The van der Waals surface area contributed by atoms with Crippen LogP contribution in [0.3, 0.4) is 0 Å². The summed E-state index contributed by atoms with van der Waals surface area (Å²) in [6.07, 6.45) is 2.66. The van der Waals surface area contributed by atoms with Gasteiger partial charge in [-0.05, 0) is 52.6 Å². The molecule has 0 aromatic carbocycles. The Morgan fingerprint density at radius 2 is 2.06 bits per heavy atom. The van der Waals surface area contributed by atoms with E-state index in [0.717, 1.165) is 0 Å². The molecule has 0 aliphatic carbocycles. The largest absolute Gasteiger partial charge is 0.443 e. The lowest BCUT2D eigenvalue weighted by Gasteiger charge is -2.19. The molecular weight excluding hydrogens is 366 g/mol. The van der Waals surface area contributed by atoms with Crippen molar-refractivity contribution in [3.8, 4) is 0 Å². The van der Waals surface area contributed by atoms with Crippen LogP contribution in [0.15, 0.2) is 21.5 Å². The van der Waals surface area contributed by atoms with Crippen LogP contribution in [0.4, 0.5) is 4.79 Å². The van der Waals surface area contributed by atoms with E-state index >= 15 is 0 Å². The summed E-state index contributed by atoms with van der Waals surface area (Å²) < 4.78 is 7.94. The zero-order chi connectivity index (χ0) is 13.5. The first kappa shape index (κ1) is 13.5. The van der Waals surface area contributed by atoms with Crippen LogP contribution in [0.5, 0.6) is 0 Å². The van der Waals surface area contributed by atoms with Crippen molar-refractivity contribution in [2.75, 3.05) is 0 Å². The van der Waals surface area contributed by atoms with Gasteiger partial charge in [0, 0.05) is 6.20 Å². The fraction of sp³-hybridized carbons (Fsp3) is 0.364. The molecule has 0 saturated carbocycles. The zero-order valence-electron chi connectivity index (χ0n) is 10.1. The molecule has 5 nitrogen and oxygen atoms in total. The molecule has 7 heteroatoms. The topological polar surface area (TPSA) is 57.0 Å². The second-order valence-corrected chi connectivity index (χ2v) is 6.36. The number of halogens is 2. The van der Waals surface area contributed by atoms with Gasteiger partial charge in [0.1, 0.15) is 15.7 Å². The highest BCUT2D eigenvalue weighted by atomic mass is 79.9. The van der Waals surface area contributed by atoms with Crippen LogP contribution in [0.1, 0.15) is 20.8 Å². The van der Waals surface area contributed by atoms with Gasteiger partial charge in [0.05, 0.1) is 10.7 Å². The fourth-order valence-corrected chi connectivity index (χ4v) is 2.13. The predicted molar refractivity (Wildman–Crippen MR) is 74.6 cm³/mol. The third kappa shape index (κ3) is 2.72. The van der Waals surface area contributed by atoms with Crippen LogP contribution in [-0.2, 0) is 4.74 Å². The predicted octanol–water partition coefficient (Wildman–Crippen LogP) is 3.74. The minimum atomic E-state index is -0.553. The Morgan fingerprint density at radius 3 is 2.67 bits per heavy atom. The number of rotatable bonds is 0. The Balaban J connectivity index is 2.49. The van der Waals surface area contributed by atoms with Crippen molar-refractivity contribution in [1.82, 2.24) is 14.5 Å². The minimum Gasteiger partial charge on any atom is -0.443 e. The van der Waals surface area contributed by atoms with Crippen molar-refractivity contribution in [3.05, 3.63) is 21.5 Å². The van der Waals surface area contributed by atoms with Crippen molar-refractivity contribution in [2.45, 2.75) is 26.4 Å². The van der Waals surface area contributed by atoms with Crippen molar-refractivity contribution < 1.29 is 9.53 Å². The van der Waals surface area contributed by atoms with E-state index in [2.05, 4.69) is 41.8 Å². The summed E-state index contributed by atoms with van der Waals surface area (Å²) in [5.41, 5.74) is 0.512. The number of carbonyl (C=O) groups is 1. The number of nitrogens with zero attached hydrogens (tertiary/aromatic N) is 3. The maximum atomic E-state index is 12.0. The molecule has 2 heterocycles. The van der Waals surface area contributed by atoms with Crippen molar-refractivity contribution >= 4 is 49.1 Å². The van der Waals surface area contributed by atoms with Gasteiger partial charge >= 0.3 is 6.09 Å². The lowest BCUT2D eigenvalue weighted by molar-refractivity contribution is 0.0543. The van der Waals surface area contributed by atoms with Crippen molar-refractivity contribution in [2.24, 2.45) is 0 Å². The second-order valence-electron chi connectivity index (χ2n) is 4.69. The third-order valence-electron chi connectivity index (χ3n) is 2.01. The van der Waals surface area contributed by atoms with Crippen molar-refractivity contribution in [3.63, 3.8) is 0 Å². The summed E-state index contributed by atoms with van der Waals surface area (Å²) in [4.78, 5) is 20.4. The van der Waals surface area contributed by atoms with Gasteiger partial charge in [0.15, 0.2) is 5.65 Å². The number of carbonyl (C=O) groups excluding carboxylic acids is 1. The zero-order valence-corrected chi connectivity index (χ0v) is 13.2. The number of aromatic nitrogens is 3. The molecule has 0 saturated heterocycles. The lowest BCUT2D eigenvalue weighted by atomic mass is 10.2. The maximum Gasteiger partial charge on any atom is 0.420 e. The summed E-state index contributed by atoms with van der Waals surface area (Å²) >= 11 is 6.59. The van der Waals surface area contributed by atoms with Gasteiger partial charge in [0.25, 0.3) is 0 Å². The van der Waals surface area contributed by atoms with E-state index < -0.39 is 11.7 Å². The van der Waals surface area contributed by atoms with E-state index in [0.29, 0.717) is 20.2 Å². The highest BCUT2D eigenvalue weighted by Crippen LogP contribution is 2.25. The first-order chi connectivity index (χ1) is 8.28. The minimum absolute atomic E-state index is 0.458. The number of hydrogen-bond donors (Lipinski definition) is 0. The van der Waals surface area contributed by atoms with Crippen LogP contribution in [-0.4, -0.2) is 26.2 Å². The normalized spacial score (nSPS) is 11.8. The quantitative estimate of drug-likeness (QED) is 0.702. The molecule has 0 fully saturated rings. The molecule has 2 aromatic rings. The molecule has 0 aliphatic heterocycles. The summed E-state index contributed by atoms with van der Waals surface area (Å²) in [7, 11) is 0. The SMILES string of the molecule is CC(C)(C)OC(=O)n1cc(Br)c2nc(Br)cnc21. The third-order valence-corrected chi connectivity index (χ3v) is 2.97. The molecule has 0 atom stereocenters. The Hall–Kier alpha value is -0.950. The molecule has 0 aliphatic rings. The molecule has 0 radical (unpaired) electrons. The van der Waals surface area contributed by atoms with Gasteiger partial charge in [-0.15, -0.1) is 0 Å². The van der Waals surface area contributed by atoms with Gasteiger partial charge in [-0.25, -0.2) is 19.3 Å². The summed E-state index contributed by atoms with van der Waals surface area (Å²) in [5.74, 6) is 0. The molecule has 0 unspecified atom stereocenters. The van der Waals surface area contributed by atoms with Gasteiger partial charge in [-0.3, -0.25) is 0 Å². The first-order valence-electron chi connectivity index (χ1n) is 5.20. The van der Waals surface area contributed by atoms with Gasteiger partial charge in [0.2, 0.25) is 0 Å². The summed E-state index contributed by atoms with van der Waals surface area (Å²) in [6, 6.07) is 0. The average molecular weight is 377 g/mol. The molecule has 0 amide bonds. The van der Waals surface area contributed by atoms with Crippen LogP contribution in [0, 0.1) is 0 Å². The highest BCUT2D eigenvalue weighted by molar-refractivity contribution is 9.11. The summed E-state index contributed by atoms with van der Waals surface area (Å²) in [5, 5.41) is 0. The Bertz CT molecular complexity index is 617. The van der Waals surface area contributed by atoms with E-state index in [-0.39, 0.29) is 0 Å². The number of hydrogen-bond acceptors (Lipinski definition) is 4. The Morgan fingerprint density at radius 1 is 1.39 bits per heavy atom. The van der Waals surface area contributed by atoms with Crippen LogP contribution < -0.4 is 0 Å². The van der Waals surface area contributed by atoms with Crippen LogP contribution in [0.25, 0.3) is 11.2 Å². The monoisotopic (exact) mass is 375 g/mol. The van der Waals surface area contributed by atoms with Crippen LogP contribution >= 0.6 is 31.9 Å². The molecule has 0 spiro atoms. The maximum absolute atomic E-state index is 12.0. The van der Waals surface area contributed by atoms with E-state index in [1.165, 1.54) is 10.8 Å². The fourth-order valence-electron chi connectivity index (χ4n) is 1.38. The molecular formula is C11H11Br2N3O2. The molecule has 0 N–H and O–H groups in total. The van der Waals surface area contributed by atoms with E-state index in [1.54, 1.807) is 6.20 Å². The Labute approximate surface area is 121 Å². The highest BCUT2D eigenvalue weighted by Gasteiger charge is 2.21. The molecule has 18 heavy (non-hydrogen) atoms. The van der Waals surface area contributed by atoms with E-state index in [9.17, 15) is 4.79 Å². The van der Waals surface area contributed by atoms with Crippen LogP contribution in [0.2, 0.25) is 0 Å². The molecule has 2 aromatic heterocycles. The standard InChI is InChI=1S/C11H11Br2N3O2/c1-11(2,3)18-10(17)16-5-6(12)8-9(16)14-4-7(13)15-8/h4-5H,1-3H3. The van der Waals surface area contributed by atoms with Gasteiger partial charge in [-0.2, -0.15) is 0 Å². The van der Waals surface area contributed by atoms with E-state index in [4.69, 9.17) is 4.74 Å². The molecule has 0 bridgehead atoms. The van der Waals surface area contributed by atoms with Crippen molar-refractivity contribution in [1.29, 1.82) is 0 Å². The van der Waals surface area contributed by atoms with Gasteiger partial charge in [-0.1, -0.05) is 0 Å². The summed E-state index contributed by atoms with van der Waals surface area (Å²) in [6.45, 7) is 5.44. The lowest BCUT2D eigenvalue weighted by Crippen LogP contribution is -2.26. The first-order valence-corrected chi connectivity index (χ1v) is 6.79. The Kier molecular flexibility index (Phi) is 3.46. The molecule has 2 rings (SSSR count).